The van der Waals surface area contributed by atoms with E-state index in [0.717, 1.165) is 30.9 Å². The monoisotopic (exact) mass is 458 g/mol. The molecule has 34 heavy (non-hydrogen) atoms. The summed E-state index contributed by atoms with van der Waals surface area (Å²) in [5, 5.41) is 18.8. The Kier molecular flexibility index (Phi) is 7.39. The molecule has 1 amide bonds. The SMILES string of the molecule is O=C(O)CC(Oc1ccccc1NC(=O)c1ccc(NC2=CCCCN2)cc1)c1cccnc1. The Bertz CT molecular complexity index is 1160. The molecule has 2 heterocycles. The van der Waals surface area contributed by atoms with Gasteiger partial charge in [-0.25, -0.2) is 0 Å². The minimum absolute atomic E-state index is 0.242. The molecule has 8 heteroatoms. The number of aromatic nitrogens is 1. The summed E-state index contributed by atoms with van der Waals surface area (Å²) in [6.07, 6.45) is 6.46. The summed E-state index contributed by atoms with van der Waals surface area (Å²) in [6.45, 7) is 0.939. The molecule has 0 bridgehead atoms. The zero-order chi connectivity index (χ0) is 23.8. The number of rotatable bonds is 9. The van der Waals surface area contributed by atoms with E-state index in [9.17, 15) is 14.7 Å². The van der Waals surface area contributed by atoms with E-state index in [1.165, 1.54) is 0 Å². The van der Waals surface area contributed by atoms with Crippen molar-refractivity contribution in [3.05, 3.63) is 96.1 Å². The van der Waals surface area contributed by atoms with E-state index in [2.05, 4.69) is 27.0 Å². The van der Waals surface area contributed by atoms with Crippen molar-refractivity contribution in [1.29, 1.82) is 0 Å². The summed E-state index contributed by atoms with van der Waals surface area (Å²) in [5.41, 5.74) is 2.46. The average Bonchev–Trinajstić information content (AvgIpc) is 2.86. The maximum atomic E-state index is 12.9. The van der Waals surface area contributed by atoms with Gasteiger partial charge in [-0.2, -0.15) is 0 Å². The Morgan fingerprint density at radius 3 is 2.62 bits per heavy atom. The van der Waals surface area contributed by atoms with Gasteiger partial charge < -0.3 is 25.8 Å². The average molecular weight is 459 g/mol. The van der Waals surface area contributed by atoms with E-state index in [4.69, 9.17) is 4.74 Å². The van der Waals surface area contributed by atoms with Gasteiger partial charge in [0, 0.05) is 35.8 Å². The van der Waals surface area contributed by atoms with Crippen molar-refractivity contribution in [1.82, 2.24) is 10.3 Å². The highest BCUT2D eigenvalue weighted by atomic mass is 16.5. The van der Waals surface area contributed by atoms with Gasteiger partial charge in [-0.1, -0.05) is 18.2 Å². The van der Waals surface area contributed by atoms with Crippen LogP contribution in [0.2, 0.25) is 0 Å². The zero-order valence-corrected chi connectivity index (χ0v) is 18.5. The summed E-state index contributed by atoms with van der Waals surface area (Å²) in [4.78, 5) is 28.3. The first-order valence-corrected chi connectivity index (χ1v) is 11.1. The number of nitrogens with one attached hydrogen (secondary N) is 3. The second kappa shape index (κ2) is 11.0. The Morgan fingerprint density at radius 2 is 1.91 bits per heavy atom. The normalized spacial score (nSPS) is 13.7. The topological polar surface area (TPSA) is 113 Å². The largest absolute Gasteiger partial charge is 0.483 e. The van der Waals surface area contributed by atoms with Gasteiger partial charge in [-0.05, 0) is 61.4 Å². The lowest BCUT2D eigenvalue weighted by Crippen LogP contribution is -2.23. The van der Waals surface area contributed by atoms with Gasteiger partial charge in [-0.15, -0.1) is 0 Å². The molecule has 0 aliphatic carbocycles. The summed E-state index contributed by atoms with van der Waals surface area (Å²) in [5.74, 6) is 0.0515. The lowest BCUT2D eigenvalue weighted by Gasteiger charge is -2.20. The number of allylic oxidation sites excluding steroid dienone is 1. The maximum Gasteiger partial charge on any atom is 0.307 e. The number of hydrogen-bond donors (Lipinski definition) is 4. The Balaban J connectivity index is 1.46. The zero-order valence-electron chi connectivity index (χ0n) is 18.5. The van der Waals surface area contributed by atoms with E-state index in [0.29, 0.717) is 22.6 Å². The highest BCUT2D eigenvalue weighted by Crippen LogP contribution is 2.31. The lowest BCUT2D eigenvalue weighted by molar-refractivity contribution is -0.138. The molecule has 8 nitrogen and oxygen atoms in total. The standard InChI is InChI=1S/C26H26N4O4/c31-25(32)16-23(19-6-5-14-27-17-19)34-22-8-2-1-7-21(22)30-26(33)18-10-12-20(13-11-18)29-24-9-3-4-15-28-24/h1-2,5-14,17,23,28-29H,3-4,15-16H2,(H,30,33)(H,31,32). The van der Waals surface area contributed by atoms with Gasteiger partial charge >= 0.3 is 5.97 Å². The predicted molar refractivity (Wildman–Crippen MR) is 130 cm³/mol. The van der Waals surface area contributed by atoms with Gasteiger partial charge in [0.25, 0.3) is 5.91 Å². The van der Waals surface area contributed by atoms with Crippen molar-refractivity contribution < 1.29 is 19.4 Å². The number of para-hydroxylation sites is 2. The van der Waals surface area contributed by atoms with Crippen molar-refractivity contribution in [2.75, 3.05) is 17.2 Å². The third-order valence-electron chi connectivity index (χ3n) is 5.29. The van der Waals surface area contributed by atoms with E-state index < -0.39 is 12.1 Å². The molecule has 3 aromatic rings. The fourth-order valence-corrected chi connectivity index (χ4v) is 3.57. The van der Waals surface area contributed by atoms with Crippen LogP contribution in [0.15, 0.2) is 85.0 Å². The molecule has 4 N–H and O–H groups in total. The van der Waals surface area contributed by atoms with E-state index >= 15 is 0 Å². The fourth-order valence-electron chi connectivity index (χ4n) is 3.57. The second-order valence-electron chi connectivity index (χ2n) is 7.83. The predicted octanol–water partition coefficient (Wildman–Crippen LogP) is 4.57. The van der Waals surface area contributed by atoms with Gasteiger partial charge in [0.15, 0.2) is 0 Å². The number of benzene rings is 2. The van der Waals surface area contributed by atoms with Crippen LogP contribution < -0.4 is 20.7 Å². The minimum Gasteiger partial charge on any atom is -0.483 e. The van der Waals surface area contributed by atoms with Crippen LogP contribution in [-0.2, 0) is 4.79 Å². The van der Waals surface area contributed by atoms with Crippen molar-refractivity contribution in [3.63, 3.8) is 0 Å². The first-order chi connectivity index (χ1) is 16.6. The third kappa shape index (κ3) is 6.13. The van der Waals surface area contributed by atoms with Crippen molar-refractivity contribution in [2.24, 2.45) is 0 Å². The van der Waals surface area contributed by atoms with Crippen LogP contribution in [0, 0.1) is 0 Å². The smallest absolute Gasteiger partial charge is 0.307 e. The number of hydrogen-bond acceptors (Lipinski definition) is 6. The Morgan fingerprint density at radius 1 is 1.09 bits per heavy atom. The van der Waals surface area contributed by atoms with Gasteiger partial charge in [0.2, 0.25) is 0 Å². The third-order valence-corrected chi connectivity index (χ3v) is 5.29. The highest BCUT2D eigenvalue weighted by Gasteiger charge is 2.20. The molecule has 174 valence electrons. The summed E-state index contributed by atoms with van der Waals surface area (Å²) in [7, 11) is 0. The molecule has 0 spiro atoms. The fraction of sp³-hybridized carbons (Fsp3) is 0.192. The van der Waals surface area contributed by atoms with Crippen LogP contribution in [0.4, 0.5) is 11.4 Å². The summed E-state index contributed by atoms with van der Waals surface area (Å²) in [6, 6.07) is 17.6. The lowest BCUT2D eigenvalue weighted by atomic mass is 10.1. The van der Waals surface area contributed by atoms with Gasteiger partial charge in [0.1, 0.15) is 11.9 Å². The van der Waals surface area contributed by atoms with Crippen LogP contribution in [0.1, 0.15) is 41.3 Å². The molecule has 1 aliphatic heterocycles. The van der Waals surface area contributed by atoms with Gasteiger partial charge in [0.05, 0.1) is 17.9 Å². The molecule has 0 saturated carbocycles. The summed E-state index contributed by atoms with van der Waals surface area (Å²) < 4.78 is 6.02. The number of nitrogens with zero attached hydrogens (tertiary/aromatic N) is 1. The Hall–Kier alpha value is -4.33. The second-order valence-corrected chi connectivity index (χ2v) is 7.83. The molecule has 0 radical (unpaired) electrons. The highest BCUT2D eigenvalue weighted by molar-refractivity contribution is 6.05. The quantitative estimate of drug-likeness (QED) is 0.372. The minimum atomic E-state index is -0.997. The maximum absolute atomic E-state index is 12.9. The number of carbonyl (C=O) groups excluding carboxylic acids is 1. The number of amides is 1. The van der Waals surface area contributed by atoms with Crippen molar-refractivity contribution in [2.45, 2.75) is 25.4 Å². The molecule has 0 fully saturated rings. The number of carboxylic acids is 1. The van der Waals surface area contributed by atoms with E-state index in [1.54, 1.807) is 60.9 Å². The van der Waals surface area contributed by atoms with Gasteiger partial charge in [-0.3, -0.25) is 14.6 Å². The van der Waals surface area contributed by atoms with E-state index in [1.807, 2.05) is 12.1 Å². The molecular formula is C26H26N4O4. The van der Waals surface area contributed by atoms with Crippen molar-refractivity contribution in [3.8, 4) is 5.75 Å². The molecular weight excluding hydrogens is 432 g/mol. The Labute approximate surface area is 197 Å². The number of anilines is 2. The van der Waals surface area contributed by atoms with Crippen LogP contribution in [0.5, 0.6) is 5.75 Å². The van der Waals surface area contributed by atoms with E-state index in [-0.39, 0.29) is 12.3 Å². The van der Waals surface area contributed by atoms with Crippen LogP contribution in [0.25, 0.3) is 0 Å². The number of carbonyl (C=O) groups is 2. The molecule has 1 aliphatic rings. The molecule has 4 rings (SSSR count). The number of pyridine rings is 1. The number of aliphatic carboxylic acids is 1. The number of ether oxygens (including phenoxy) is 1. The van der Waals surface area contributed by atoms with Crippen molar-refractivity contribution >= 4 is 23.3 Å². The van der Waals surface area contributed by atoms with Crippen LogP contribution in [0.3, 0.4) is 0 Å². The molecule has 1 atom stereocenters. The van der Waals surface area contributed by atoms with Crippen LogP contribution >= 0.6 is 0 Å². The first kappa shape index (κ1) is 22.8. The molecule has 1 unspecified atom stereocenters. The van der Waals surface area contributed by atoms with Crippen LogP contribution in [-0.4, -0.2) is 28.5 Å². The molecule has 2 aromatic carbocycles. The molecule has 1 aromatic heterocycles. The molecule has 0 saturated heterocycles. The first-order valence-electron chi connectivity index (χ1n) is 11.1. The summed E-state index contributed by atoms with van der Waals surface area (Å²) >= 11 is 0. The number of carboxylic acid groups (broad SMARTS) is 1.